The van der Waals surface area contributed by atoms with Gasteiger partial charge in [-0.3, -0.25) is 15.0 Å². The number of thiazole rings is 1. The summed E-state index contributed by atoms with van der Waals surface area (Å²) in [6, 6.07) is 4.78. The summed E-state index contributed by atoms with van der Waals surface area (Å²) in [5, 5.41) is 2.68. The molecule has 1 aromatic carbocycles. The molecule has 0 radical (unpaired) electrons. The van der Waals surface area contributed by atoms with Crippen molar-refractivity contribution in [2.75, 3.05) is 43.8 Å². The number of anilines is 2. The normalized spacial score (nSPS) is 14.7. The first-order chi connectivity index (χ1) is 17.6. The molecule has 1 aliphatic heterocycles. The summed E-state index contributed by atoms with van der Waals surface area (Å²) < 4.78 is 55.0. The topological polar surface area (TPSA) is 87.4 Å². The van der Waals surface area contributed by atoms with Crippen LogP contribution in [0.1, 0.15) is 38.8 Å². The molecule has 3 aromatic rings. The third-order valence-corrected chi connectivity index (χ3v) is 6.74. The monoisotopic (exact) mass is 532 g/mol. The molecule has 2 aromatic heterocycles. The predicted octanol–water partition coefficient (Wildman–Crippen LogP) is 4.07. The number of hydrogen-bond acceptors (Lipinski definition) is 7. The van der Waals surface area contributed by atoms with Crippen molar-refractivity contribution in [2.45, 2.75) is 19.6 Å². The van der Waals surface area contributed by atoms with Crippen LogP contribution in [0.5, 0.6) is 0 Å². The molecule has 7 nitrogen and oxygen atoms in total. The van der Waals surface area contributed by atoms with Gasteiger partial charge < -0.3 is 10.6 Å². The zero-order valence-corrected chi connectivity index (χ0v) is 20.7. The minimum absolute atomic E-state index is 0.127. The van der Waals surface area contributed by atoms with E-state index in [0.717, 1.165) is 43.1 Å². The van der Waals surface area contributed by atoms with Gasteiger partial charge in [0, 0.05) is 50.0 Å². The van der Waals surface area contributed by atoms with Crippen LogP contribution >= 0.6 is 11.3 Å². The van der Waals surface area contributed by atoms with E-state index in [2.05, 4.69) is 38.9 Å². The van der Waals surface area contributed by atoms with Gasteiger partial charge in [0.1, 0.15) is 0 Å². The number of amides is 1. The molecule has 37 heavy (non-hydrogen) atoms. The van der Waals surface area contributed by atoms with Crippen LogP contribution < -0.4 is 11.1 Å². The van der Waals surface area contributed by atoms with E-state index in [1.165, 1.54) is 24.5 Å². The summed E-state index contributed by atoms with van der Waals surface area (Å²) in [6.45, 7) is 6.13. The lowest BCUT2D eigenvalue weighted by atomic mass is 10.0. The van der Waals surface area contributed by atoms with Crippen LogP contribution in [0.4, 0.5) is 28.5 Å². The number of nitrogen functional groups attached to an aromatic ring is 1. The first-order valence-corrected chi connectivity index (χ1v) is 12.3. The maximum atomic E-state index is 13.8. The molecule has 4 rings (SSSR count). The van der Waals surface area contributed by atoms with Gasteiger partial charge in [-0.15, -0.1) is 0 Å². The highest BCUT2D eigenvalue weighted by Crippen LogP contribution is 2.34. The zero-order valence-electron chi connectivity index (χ0n) is 19.9. The second kappa shape index (κ2) is 11.2. The van der Waals surface area contributed by atoms with Gasteiger partial charge in [-0.1, -0.05) is 30.2 Å². The summed E-state index contributed by atoms with van der Waals surface area (Å²) in [4.78, 5) is 25.1. The standard InChI is InChI=1S/C25H24F4N6OS/c1-2-34-7-9-35(10-8-34)15-18-5-4-17(12-20(18)25(27,28)29)23(36)33-24-32-14-19(37-24)6-3-16-11-21(26)22(30)31-13-16/h4-5,11-14H,2,7-10,15H2,1H3,(H2,30,31)(H,32,33,36). The average molecular weight is 533 g/mol. The lowest BCUT2D eigenvalue weighted by molar-refractivity contribution is -0.138. The van der Waals surface area contributed by atoms with Gasteiger partial charge >= 0.3 is 6.18 Å². The number of nitrogens with one attached hydrogen (secondary N) is 1. The van der Waals surface area contributed by atoms with E-state index in [1.54, 1.807) is 0 Å². The van der Waals surface area contributed by atoms with E-state index in [1.807, 2.05) is 4.90 Å². The summed E-state index contributed by atoms with van der Waals surface area (Å²) in [5.41, 5.74) is 4.82. The molecule has 0 unspecified atom stereocenters. The number of aromatic nitrogens is 2. The van der Waals surface area contributed by atoms with Crippen LogP contribution in [0.2, 0.25) is 0 Å². The van der Waals surface area contributed by atoms with Gasteiger partial charge in [0.05, 0.1) is 16.6 Å². The fourth-order valence-corrected chi connectivity index (χ4v) is 4.50. The molecule has 0 atom stereocenters. The van der Waals surface area contributed by atoms with Crippen molar-refractivity contribution in [3.8, 4) is 11.8 Å². The number of halogens is 4. The fraction of sp³-hybridized carbons (Fsp3) is 0.320. The van der Waals surface area contributed by atoms with Gasteiger partial charge in [-0.05, 0) is 36.2 Å². The van der Waals surface area contributed by atoms with Crippen LogP contribution in [0.15, 0.2) is 36.7 Å². The van der Waals surface area contributed by atoms with Crippen LogP contribution in [-0.2, 0) is 12.7 Å². The first-order valence-electron chi connectivity index (χ1n) is 11.5. The van der Waals surface area contributed by atoms with Crippen molar-refractivity contribution >= 4 is 28.2 Å². The van der Waals surface area contributed by atoms with E-state index >= 15 is 0 Å². The van der Waals surface area contributed by atoms with E-state index in [0.29, 0.717) is 23.5 Å². The highest BCUT2D eigenvalue weighted by molar-refractivity contribution is 7.16. The van der Waals surface area contributed by atoms with Crippen LogP contribution in [0.3, 0.4) is 0 Å². The third kappa shape index (κ3) is 6.82. The van der Waals surface area contributed by atoms with E-state index in [9.17, 15) is 22.4 Å². The van der Waals surface area contributed by atoms with E-state index in [4.69, 9.17) is 5.73 Å². The Balaban J connectivity index is 1.45. The minimum Gasteiger partial charge on any atom is -0.381 e. The second-order valence-corrected chi connectivity index (χ2v) is 9.44. The Kier molecular flexibility index (Phi) is 8.06. The first kappa shape index (κ1) is 26.5. The van der Waals surface area contributed by atoms with Gasteiger partial charge in [0.15, 0.2) is 16.8 Å². The summed E-state index contributed by atoms with van der Waals surface area (Å²) in [6.07, 6.45) is -1.88. The Hall–Kier alpha value is -3.53. The zero-order chi connectivity index (χ0) is 26.6. The molecule has 1 saturated heterocycles. The Labute approximate surface area is 215 Å². The van der Waals surface area contributed by atoms with Crippen LogP contribution in [0.25, 0.3) is 0 Å². The molecule has 0 spiro atoms. The number of hydrogen-bond donors (Lipinski definition) is 2. The van der Waals surface area contributed by atoms with Crippen molar-refractivity contribution in [3.63, 3.8) is 0 Å². The molecule has 3 N–H and O–H groups in total. The second-order valence-electron chi connectivity index (χ2n) is 8.40. The molecular formula is C25H24F4N6OS. The molecule has 0 saturated carbocycles. The molecule has 0 bridgehead atoms. The van der Waals surface area contributed by atoms with Crippen LogP contribution in [-0.4, -0.2) is 58.4 Å². The van der Waals surface area contributed by atoms with Crippen molar-refractivity contribution in [1.82, 2.24) is 19.8 Å². The number of alkyl halides is 3. The number of likely N-dealkylation sites (N-methyl/N-ethyl adjacent to an activating group) is 1. The van der Waals surface area contributed by atoms with Gasteiger partial charge in [0.25, 0.3) is 5.91 Å². The molecule has 3 heterocycles. The number of pyridine rings is 1. The molecule has 1 fully saturated rings. The Morgan fingerprint density at radius 2 is 1.84 bits per heavy atom. The lowest BCUT2D eigenvalue weighted by Crippen LogP contribution is -2.45. The number of benzene rings is 1. The van der Waals surface area contributed by atoms with Gasteiger partial charge in [-0.2, -0.15) is 13.2 Å². The predicted molar refractivity (Wildman–Crippen MR) is 133 cm³/mol. The summed E-state index contributed by atoms with van der Waals surface area (Å²) in [5.74, 6) is 3.85. The molecule has 1 aliphatic rings. The van der Waals surface area contributed by atoms with Crippen molar-refractivity contribution < 1.29 is 22.4 Å². The molecule has 1 amide bonds. The molecule has 194 valence electrons. The number of piperazine rings is 1. The number of nitrogens with zero attached hydrogens (tertiary/aromatic N) is 4. The molecular weight excluding hydrogens is 508 g/mol. The number of carbonyl (C=O) groups is 1. The SMILES string of the molecule is CCN1CCN(Cc2ccc(C(=O)Nc3ncc(C#Cc4cnc(N)c(F)c4)s3)cc2C(F)(F)F)CC1. The fourth-order valence-electron chi connectivity index (χ4n) is 3.83. The number of rotatable bonds is 5. The highest BCUT2D eigenvalue weighted by Gasteiger charge is 2.34. The Morgan fingerprint density at radius 1 is 1.11 bits per heavy atom. The maximum absolute atomic E-state index is 13.8. The van der Waals surface area contributed by atoms with Crippen molar-refractivity contribution in [1.29, 1.82) is 0 Å². The third-order valence-electron chi connectivity index (χ3n) is 5.91. The number of carbonyl (C=O) groups excluding carboxylic acids is 1. The van der Waals surface area contributed by atoms with Gasteiger partial charge in [-0.25, -0.2) is 14.4 Å². The van der Waals surface area contributed by atoms with Crippen LogP contribution in [0, 0.1) is 17.7 Å². The van der Waals surface area contributed by atoms with E-state index < -0.39 is 23.5 Å². The smallest absolute Gasteiger partial charge is 0.381 e. The lowest BCUT2D eigenvalue weighted by Gasteiger charge is -2.34. The Morgan fingerprint density at radius 3 is 2.51 bits per heavy atom. The van der Waals surface area contributed by atoms with Crippen molar-refractivity contribution in [3.05, 3.63) is 69.6 Å². The summed E-state index contributed by atoms with van der Waals surface area (Å²) in [7, 11) is 0. The largest absolute Gasteiger partial charge is 0.416 e. The number of nitrogens with two attached hydrogens (primary N) is 1. The molecule has 12 heteroatoms. The molecule has 0 aliphatic carbocycles. The van der Waals surface area contributed by atoms with E-state index in [-0.39, 0.29) is 28.6 Å². The quantitative estimate of drug-likeness (QED) is 0.381. The average Bonchev–Trinajstić information content (AvgIpc) is 3.32. The maximum Gasteiger partial charge on any atom is 0.416 e. The highest BCUT2D eigenvalue weighted by atomic mass is 32.1. The Bertz CT molecular complexity index is 1340. The minimum atomic E-state index is -4.60. The summed E-state index contributed by atoms with van der Waals surface area (Å²) >= 11 is 1.03. The van der Waals surface area contributed by atoms with Gasteiger partial charge in [0.2, 0.25) is 0 Å². The van der Waals surface area contributed by atoms with Crippen molar-refractivity contribution in [2.24, 2.45) is 0 Å².